The Kier molecular flexibility index (Phi) is 3.45. The van der Waals surface area contributed by atoms with Gasteiger partial charge in [-0.15, -0.1) is 0 Å². The van der Waals surface area contributed by atoms with E-state index in [0.717, 1.165) is 0 Å². The Hall–Kier alpha value is -2.11. The number of alkyl carbamates (subject to hydrolysis) is 1. The Morgan fingerprint density at radius 2 is 2.33 bits per heavy atom. The Labute approximate surface area is 103 Å². The number of cyclic esters (lactones) is 1. The van der Waals surface area contributed by atoms with E-state index in [9.17, 15) is 14.0 Å². The Balaban J connectivity index is 2.24. The number of esters is 1. The summed E-state index contributed by atoms with van der Waals surface area (Å²) in [6.45, 7) is 1.84. The lowest BCUT2D eigenvalue weighted by atomic mass is 10.0. The molecule has 18 heavy (non-hydrogen) atoms. The molecule has 1 fully saturated rings. The number of ether oxygens (including phenoxy) is 2. The minimum absolute atomic E-state index is 0.183. The molecule has 0 bridgehead atoms. The Morgan fingerprint density at radius 3 is 3.00 bits per heavy atom. The van der Waals surface area contributed by atoms with Gasteiger partial charge in [0.1, 0.15) is 11.9 Å². The summed E-state index contributed by atoms with van der Waals surface area (Å²) >= 11 is 0. The zero-order chi connectivity index (χ0) is 13.1. The second kappa shape index (κ2) is 5.03. The molecule has 1 N–H and O–H groups in total. The molecule has 1 aliphatic heterocycles. The second-order valence-corrected chi connectivity index (χ2v) is 3.75. The van der Waals surface area contributed by atoms with Crippen LogP contribution in [0.15, 0.2) is 24.3 Å². The van der Waals surface area contributed by atoms with Crippen LogP contribution in [-0.4, -0.2) is 24.8 Å². The summed E-state index contributed by atoms with van der Waals surface area (Å²) in [7, 11) is 0. The van der Waals surface area contributed by atoms with Crippen LogP contribution in [0.5, 0.6) is 0 Å². The normalized spacial score (nSPS) is 22.2. The van der Waals surface area contributed by atoms with Gasteiger partial charge in [0.2, 0.25) is 6.10 Å². The summed E-state index contributed by atoms with van der Waals surface area (Å²) in [4.78, 5) is 22.8. The second-order valence-electron chi connectivity index (χ2n) is 3.75. The van der Waals surface area contributed by atoms with E-state index in [4.69, 9.17) is 9.47 Å². The summed E-state index contributed by atoms with van der Waals surface area (Å²) in [6.07, 6.45) is -1.80. The highest BCUT2D eigenvalue weighted by Gasteiger charge is 2.41. The minimum atomic E-state index is -1.08. The van der Waals surface area contributed by atoms with Crippen LogP contribution < -0.4 is 5.32 Å². The predicted octanol–water partition coefficient (Wildman–Crippen LogP) is 1.54. The van der Waals surface area contributed by atoms with E-state index in [1.54, 1.807) is 13.0 Å². The van der Waals surface area contributed by atoms with Crippen molar-refractivity contribution in [3.63, 3.8) is 0 Å². The van der Waals surface area contributed by atoms with Crippen molar-refractivity contribution in [1.82, 2.24) is 5.32 Å². The van der Waals surface area contributed by atoms with Gasteiger partial charge in [0.15, 0.2) is 0 Å². The predicted molar refractivity (Wildman–Crippen MR) is 59.2 cm³/mol. The summed E-state index contributed by atoms with van der Waals surface area (Å²) in [5.41, 5.74) is 0.457. The third kappa shape index (κ3) is 2.42. The number of nitrogens with one attached hydrogen (secondary N) is 1. The van der Waals surface area contributed by atoms with Crippen LogP contribution in [0.4, 0.5) is 9.18 Å². The van der Waals surface area contributed by atoms with Crippen LogP contribution >= 0.6 is 0 Å². The number of halogens is 1. The highest BCUT2D eigenvalue weighted by Crippen LogP contribution is 2.26. The highest BCUT2D eigenvalue weighted by atomic mass is 19.1. The number of carbonyl (C=O) groups excluding carboxylic acids is 2. The molecule has 1 aromatic carbocycles. The maximum absolute atomic E-state index is 13.1. The molecule has 0 unspecified atom stereocenters. The Morgan fingerprint density at radius 1 is 1.56 bits per heavy atom. The molecule has 1 amide bonds. The SMILES string of the molecule is CCOC(=O)[C@@H]1OC(=O)N[C@H]1c1cccc(F)c1. The number of benzene rings is 1. The molecule has 0 radical (unpaired) electrons. The van der Waals surface area contributed by atoms with Crippen LogP contribution in [0.1, 0.15) is 18.5 Å². The maximum atomic E-state index is 13.1. The van der Waals surface area contributed by atoms with Gasteiger partial charge in [-0.3, -0.25) is 0 Å². The lowest BCUT2D eigenvalue weighted by Crippen LogP contribution is -2.30. The minimum Gasteiger partial charge on any atom is -0.463 e. The summed E-state index contributed by atoms with van der Waals surface area (Å²) < 4.78 is 22.8. The van der Waals surface area contributed by atoms with Crippen molar-refractivity contribution in [2.75, 3.05) is 6.61 Å². The van der Waals surface area contributed by atoms with Crippen LogP contribution in [-0.2, 0) is 14.3 Å². The fraction of sp³-hybridized carbons (Fsp3) is 0.333. The number of hydrogen-bond acceptors (Lipinski definition) is 4. The number of carbonyl (C=O) groups is 2. The third-order valence-corrected chi connectivity index (χ3v) is 2.54. The van der Waals surface area contributed by atoms with Crippen molar-refractivity contribution in [3.05, 3.63) is 35.6 Å². The molecular formula is C12H12FNO4. The molecule has 6 heteroatoms. The first-order chi connectivity index (χ1) is 8.61. The van der Waals surface area contributed by atoms with E-state index in [-0.39, 0.29) is 6.61 Å². The van der Waals surface area contributed by atoms with Crippen molar-refractivity contribution >= 4 is 12.1 Å². The monoisotopic (exact) mass is 253 g/mol. The molecule has 1 heterocycles. The fourth-order valence-electron chi connectivity index (χ4n) is 1.79. The number of amides is 1. The first-order valence-corrected chi connectivity index (χ1v) is 5.51. The average Bonchev–Trinajstić information content (AvgIpc) is 2.72. The van der Waals surface area contributed by atoms with E-state index < -0.39 is 30.0 Å². The molecule has 5 nitrogen and oxygen atoms in total. The Bertz CT molecular complexity index is 477. The number of hydrogen-bond donors (Lipinski definition) is 1. The van der Waals surface area contributed by atoms with Crippen LogP contribution in [0.3, 0.4) is 0 Å². The molecular weight excluding hydrogens is 241 g/mol. The van der Waals surface area contributed by atoms with Crippen molar-refractivity contribution in [2.45, 2.75) is 19.1 Å². The first-order valence-electron chi connectivity index (χ1n) is 5.51. The number of rotatable bonds is 3. The zero-order valence-electron chi connectivity index (χ0n) is 9.68. The molecule has 0 aliphatic carbocycles. The molecule has 96 valence electrons. The van der Waals surface area contributed by atoms with Crippen LogP contribution in [0.2, 0.25) is 0 Å². The van der Waals surface area contributed by atoms with Gasteiger partial charge >= 0.3 is 12.1 Å². The van der Waals surface area contributed by atoms with Gasteiger partial charge in [-0.1, -0.05) is 12.1 Å². The van der Waals surface area contributed by atoms with Gasteiger partial charge in [-0.25, -0.2) is 14.0 Å². The van der Waals surface area contributed by atoms with E-state index >= 15 is 0 Å². The molecule has 2 atom stereocenters. The molecule has 1 saturated heterocycles. The summed E-state index contributed by atoms with van der Waals surface area (Å²) in [5.74, 6) is -1.10. The standard InChI is InChI=1S/C12H12FNO4/c1-2-17-11(15)10-9(14-12(16)18-10)7-4-3-5-8(13)6-7/h3-6,9-10H,2H2,1H3,(H,14,16)/t9-,10+/m0/s1. The van der Waals surface area contributed by atoms with Gasteiger partial charge in [-0.2, -0.15) is 0 Å². The molecule has 1 aliphatic rings. The first kappa shape index (κ1) is 12.3. The maximum Gasteiger partial charge on any atom is 0.408 e. The molecule has 2 rings (SSSR count). The lowest BCUT2D eigenvalue weighted by Gasteiger charge is -2.15. The highest BCUT2D eigenvalue weighted by molar-refractivity contribution is 5.83. The fourth-order valence-corrected chi connectivity index (χ4v) is 1.79. The van der Waals surface area contributed by atoms with Crippen LogP contribution in [0.25, 0.3) is 0 Å². The molecule has 0 spiro atoms. The van der Waals surface area contributed by atoms with E-state index in [0.29, 0.717) is 5.56 Å². The summed E-state index contributed by atoms with van der Waals surface area (Å²) in [6, 6.07) is 4.89. The zero-order valence-corrected chi connectivity index (χ0v) is 9.68. The topological polar surface area (TPSA) is 64.6 Å². The van der Waals surface area contributed by atoms with Gasteiger partial charge in [-0.05, 0) is 24.6 Å². The van der Waals surface area contributed by atoms with E-state index in [2.05, 4.69) is 5.32 Å². The van der Waals surface area contributed by atoms with Gasteiger partial charge in [0.25, 0.3) is 0 Å². The van der Waals surface area contributed by atoms with Crippen molar-refractivity contribution in [2.24, 2.45) is 0 Å². The van der Waals surface area contributed by atoms with Gasteiger partial charge in [0.05, 0.1) is 6.61 Å². The van der Waals surface area contributed by atoms with Crippen molar-refractivity contribution in [3.8, 4) is 0 Å². The third-order valence-electron chi connectivity index (χ3n) is 2.54. The molecule has 0 aromatic heterocycles. The van der Waals surface area contributed by atoms with E-state index in [1.165, 1.54) is 18.2 Å². The lowest BCUT2D eigenvalue weighted by molar-refractivity contribution is -0.152. The van der Waals surface area contributed by atoms with Gasteiger partial charge in [0, 0.05) is 0 Å². The quantitative estimate of drug-likeness (QED) is 0.830. The summed E-state index contributed by atoms with van der Waals surface area (Å²) in [5, 5.41) is 2.46. The van der Waals surface area contributed by atoms with Crippen molar-refractivity contribution < 1.29 is 23.5 Å². The van der Waals surface area contributed by atoms with E-state index in [1.807, 2.05) is 0 Å². The smallest absolute Gasteiger partial charge is 0.408 e. The largest absolute Gasteiger partial charge is 0.463 e. The molecule has 0 saturated carbocycles. The van der Waals surface area contributed by atoms with Crippen LogP contribution in [0, 0.1) is 5.82 Å². The van der Waals surface area contributed by atoms with Crippen molar-refractivity contribution in [1.29, 1.82) is 0 Å². The molecule has 1 aromatic rings. The van der Waals surface area contributed by atoms with Gasteiger partial charge < -0.3 is 14.8 Å². The average molecular weight is 253 g/mol.